The molecule has 1 saturated heterocycles. The Kier molecular flexibility index (Phi) is 6.19. The number of hydrogen-bond acceptors (Lipinski definition) is 5. The first-order valence-electron chi connectivity index (χ1n) is 9.82. The van der Waals surface area contributed by atoms with Gasteiger partial charge in [0.25, 0.3) is 0 Å². The lowest BCUT2D eigenvalue weighted by Crippen LogP contribution is -2.34. The summed E-state index contributed by atoms with van der Waals surface area (Å²) in [5.74, 6) is 1.80. The Labute approximate surface area is 164 Å². The van der Waals surface area contributed by atoms with Gasteiger partial charge < -0.3 is 18.9 Å². The third-order valence-electron chi connectivity index (χ3n) is 5.24. The second kappa shape index (κ2) is 9.17. The van der Waals surface area contributed by atoms with Crippen LogP contribution in [0, 0.1) is 5.82 Å². The third kappa shape index (κ3) is 4.69. The van der Waals surface area contributed by atoms with E-state index in [-0.39, 0.29) is 12.6 Å². The monoisotopic (exact) mass is 384 g/mol. The van der Waals surface area contributed by atoms with E-state index in [9.17, 15) is 4.39 Å². The maximum absolute atomic E-state index is 13.3. The second-order valence-corrected chi connectivity index (χ2v) is 7.16. The van der Waals surface area contributed by atoms with Crippen molar-refractivity contribution in [2.24, 2.45) is 0 Å². The van der Waals surface area contributed by atoms with Gasteiger partial charge in [-0.05, 0) is 56.6 Å². The number of nitrogens with zero attached hydrogens (tertiary/aromatic N) is 2. The summed E-state index contributed by atoms with van der Waals surface area (Å²) < 4.78 is 29.9. The molecule has 5 nitrogen and oxygen atoms in total. The van der Waals surface area contributed by atoms with E-state index < -0.39 is 0 Å². The molecule has 0 spiro atoms. The molecule has 4 rings (SSSR count). The predicted octanol–water partition coefficient (Wildman–Crippen LogP) is 4.59. The van der Waals surface area contributed by atoms with Crippen molar-refractivity contribution >= 4 is 10.9 Å². The molecular formula is C22H25FN2O3. The summed E-state index contributed by atoms with van der Waals surface area (Å²) in [5, 5.41) is 4.95. The molecule has 1 aliphatic heterocycles. The molecule has 3 aromatic rings. The summed E-state index contributed by atoms with van der Waals surface area (Å²) in [4.78, 5) is 2.45. The molecule has 0 bridgehead atoms. The van der Waals surface area contributed by atoms with Crippen LogP contribution in [0.25, 0.3) is 10.9 Å². The topological polar surface area (TPSA) is 47.7 Å². The molecular weight excluding hydrogens is 359 g/mol. The highest BCUT2D eigenvalue weighted by Crippen LogP contribution is 2.33. The maximum atomic E-state index is 13.3. The van der Waals surface area contributed by atoms with E-state index >= 15 is 0 Å². The van der Waals surface area contributed by atoms with Gasteiger partial charge in [0, 0.05) is 23.9 Å². The van der Waals surface area contributed by atoms with Crippen molar-refractivity contribution in [3.63, 3.8) is 0 Å². The van der Waals surface area contributed by atoms with Gasteiger partial charge in [-0.1, -0.05) is 23.4 Å². The third-order valence-corrected chi connectivity index (χ3v) is 5.24. The quantitative estimate of drug-likeness (QED) is 0.420. The molecule has 0 amide bonds. The normalized spacial score (nSPS) is 15.9. The van der Waals surface area contributed by atoms with E-state index in [2.05, 4.69) is 10.1 Å². The van der Waals surface area contributed by atoms with Gasteiger partial charge in [0.2, 0.25) is 0 Å². The minimum absolute atomic E-state index is 0.279. The average Bonchev–Trinajstić information content (AvgIpc) is 3.15. The molecule has 2 heterocycles. The lowest BCUT2D eigenvalue weighted by atomic mass is 9.92. The van der Waals surface area contributed by atoms with Gasteiger partial charge in [-0.15, -0.1) is 0 Å². The van der Waals surface area contributed by atoms with Gasteiger partial charge >= 0.3 is 0 Å². The lowest BCUT2D eigenvalue weighted by Gasteiger charge is -2.30. The van der Waals surface area contributed by atoms with Crippen LogP contribution in [0.2, 0.25) is 0 Å². The molecule has 0 saturated carbocycles. The molecule has 1 aliphatic rings. The maximum Gasteiger partial charge on any atom is 0.189 e. The molecule has 6 heteroatoms. The van der Waals surface area contributed by atoms with E-state index in [4.69, 9.17) is 14.0 Å². The Morgan fingerprint density at radius 2 is 1.93 bits per heavy atom. The molecule has 1 aromatic heterocycles. The number of benzene rings is 2. The molecule has 1 fully saturated rings. The summed E-state index contributed by atoms with van der Waals surface area (Å²) in [6, 6.07) is 14.4. The molecule has 0 radical (unpaired) electrons. The molecule has 2 aromatic carbocycles. The van der Waals surface area contributed by atoms with Crippen molar-refractivity contribution in [1.29, 1.82) is 0 Å². The molecule has 148 valence electrons. The van der Waals surface area contributed by atoms with Crippen molar-refractivity contribution in [3.8, 4) is 5.75 Å². The fourth-order valence-corrected chi connectivity index (χ4v) is 3.72. The van der Waals surface area contributed by atoms with Crippen LogP contribution in [0.1, 0.15) is 30.9 Å². The van der Waals surface area contributed by atoms with E-state index in [1.807, 2.05) is 30.3 Å². The number of para-hydroxylation sites is 1. The van der Waals surface area contributed by atoms with Crippen LogP contribution in [0.5, 0.6) is 5.75 Å². The number of likely N-dealkylation sites (tertiary alicyclic amines) is 1. The fourth-order valence-electron chi connectivity index (χ4n) is 3.72. The SMILES string of the molecule is Fc1ccc2c(C3CCN(CCCOCOc4ccccc4)CC3)onc2c1. The van der Waals surface area contributed by atoms with Crippen LogP contribution in [-0.4, -0.2) is 43.1 Å². The van der Waals surface area contributed by atoms with Gasteiger partial charge in [-0.2, -0.15) is 0 Å². The van der Waals surface area contributed by atoms with Crippen LogP contribution in [-0.2, 0) is 4.74 Å². The highest BCUT2D eigenvalue weighted by molar-refractivity contribution is 5.80. The van der Waals surface area contributed by atoms with Crippen molar-refractivity contribution in [2.45, 2.75) is 25.2 Å². The zero-order chi connectivity index (χ0) is 19.2. The van der Waals surface area contributed by atoms with E-state index in [1.54, 1.807) is 6.07 Å². The Hall–Kier alpha value is -2.44. The molecule has 0 aliphatic carbocycles. The van der Waals surface area contributed by atoms with E-state index in [0.717, 1.165) is 55.8 Å². The molecule has 0 unspecified atom stereocenters. The van der Waals surface area contributed by atoms with Gasteiger partial charge in [0.1, 0.15) is 22.8 Å². The molecule has 0 N–H and O–H groups in total. The first-order chi connectivity index (χ1) is 13.8. The Morgan fingerprint density at radius 3 is 2.75 bits per heavy atom. The Bertz CT molecular complexity index is 876. The van der Waals surface area contributed by atoms with E-state index in [0.29, 0.717) is 18.0 Å². The number of piperidine rings is 1. The van der Waals surface area contributed by atoms with Crippen molar-refractivity contribution in [1.82, 2.24) is 10.1 Å². The van der Waals surface area contributed by atoms with Crippen molar-refractivity contribution < 1.29 is 18.4 Å². The predicted molar refractivity (Wildman–Crippen MR) is 105 cm³/mol. The Balaban J connectivity index is 1.15. The minimum Gasteiger partial charge on any atom is -0.468 e. The Morgan fingerprint density at radius 1 is 1.11 bits per heavy atom. The number of halogens is 1. The largest absolute Gasteiger partial charge is 0.468 e. The minimum atomic E-state index is -0.279. The van der Waals surface area contributed by atoms with Crippen LogP contribution in [0.3, 0.4) is 0 Å². The number of aromatic nitrogens is 1. The fraction of sp³-hybridized carbons (Fsp3) is 0.409. The first kappa shape index (κ1) is 18.9. The zero-order valence-corrected chi connectivity index (χ0v) is 15.9. The number of hydrogen-bond donors (Lipinski definition) is 0. The highest BCUT2D eigenvalue weighted by Gasteiger charge is 2.25. The molecule has 0 atom stereocenters. The van der Waals surface area contributed by atoms with Gasteiger partial charge in [-0.25, -0.2) is 4.39 Å². The zero-order valence-electron chi connectivity index (χ0n) is 15.9. The summed E-state index contributed by atoms with van der Waals surface area (Å²) in [7, 11) is 0. The standard InChI is InChI=1S/C22H25FN2O3/c23-18-7-8-20-21(15-18)24-28-22(20)17-9-12-25(13-10-17)11-4-14-26-16-27-19-5-2-1-3-6-19/h1-3,5-8,15,17H,4,9-14,16H2. The van der Waals surface area contributed by atoms with E-state index in [1.165, 1.54) is 12.1 Å². The number of fused-ring (bicyclic) bond motifs is 1. The number of rotatable bonds is 8. The van der Waals surface area contributed by atoms with Crippen LogP contribution >= 0.6 is 0 Å². The van der Waals surface area contributed by atoms with Crippen LogP contribution in [0.15, 0.2) is 53.1 Å². The second-order valence-electron chi connectivity index (χ2n) is 7.16. The van der Waals surface area contributed by atoms with Crippen molar-refractivity contribution in [3.05, 3.63) is 60.1 Å². The van der Waals surface area contributed by atoms with Crippen LogP contribution < -0.4 is 4.74 Å². The summed E-state index contributed by atoms with van der Waals surface area (Å²) in [6.07, 6.45) is 3.03. The van der Waals surface area contributed by atoms with Crippen molar-refractivity contribution in [2.75, 3.05) is 33.0 Å². The van der Waals surface area contributed by atoms with Gasteiger partial charge in [-0.3, -0.25) is 0 Å². The molecule has 28 heavy (non-hydrogen) atoms. The van der Waals surface area contributed by atoms with Gasteiger partial charge in [0.05, 0.1) is 6.61 Å². The smallest absolute Gasteiger partial charge is 0.189 e. The highest BCUT2D eigenvalue weighted by atomic mass is 19.1. The van der Waals surface area contributed by atoms with Gasteiger partial charge in [0.15, 0.2) is 6.79 Å². The summed E-state index contributed by atoms with van der Waals surface area (Å²) in [5.41, 5.74) is 0.604. The first-order valence-corrected chi connectivity index (χ1v) is 9.82. The lowest BCUT2D eigenvalue weighted by molar-refractivity contribution is 0.0106. The summed E-state index contributed by atoms with van der Waals surface area (Å²) >= 11 is 0. The summed E-state index contributed by atoms with van der Waals surface area (Å²) in [6.45, 7) is 4.03. The van der Waals surface area contributed by atoms with Crippen LogP contribution in [0.4, 0.5) is 4.39 Å². The average molecular weight is 384 g/mol. The number of ether oxygens (including phenoxy) is 2.